The van der Waals surface area contributed by atoms with Gasteiger partial charge in [-0.15, -0.1) is 0 Å². The van der Waals surface area contributed by atoms with Gasteiger partial charge in [0.2, 0.25) is 0 Å². The van der Waals surface area contributed by atoms with Gasteiger partial charge in [-0.05, 0) is 63.8 Å². The highest BCUT2D eigenvalue weighted by Gasteiger charge is 2.14. The Balaban J connectivity index is 1.78. The summed E-state index contributed by atoms with van der Waals surface area (Å²) in [6.45, 7) is 0.957. The second kappa shape index (κ2) is 5.90. The Hall–Kier alpha value is -1.81. The number of methoxy groups -OCH3 is 1. The van der Waals surface area contributed by atoms with Crippen LogP contribution in [-0.4, -0.2) is 19.4 Å². The van der Waals surface area contributed by atoms with Crippen LogP contribution in [0, 0.1) is 0 Å². The highest BCUT2D eigenvalue weighted by Crippen LogP contribution is 2.27. The molecule has 4 heteroatoms. The van der Waals surface area contributed by atoms with E-state index in [1.54, 1.807) is 7.11 Å². The van der Waals surface area contributed by atoms with Gasteiger partial charge in [-0.25, -0.2) is 0 Å². The highest BCUT2D eigenvalue weighted by molar-refractivity contribution is 9.10. The summed E-state index contributed by atoms with van der Waals surface area (Å²) in [6.07, 6.45) is 1.39. The Morgan fingerprint density at radius 3 is 2.90 bits per heavy atom. The molecule has 3 nitrogen and oxygen atoms in total. The number of ketones is 1. The van der Waals surface area contributed by atoms with Crippen LogP contribution in [0.5, 0.6) is 5.75 Å². The normalized spacial score (nSPS) is 12.7. The van der Waals surface area contributed by atoms with Crippen molar-refractivity contribution in [2.45, 2.75) is 12.8 Å². The van der Waals surface area contributed by atoms with Crippen molar-refractivity contribution in [2.24, 2.45) is 0 Å². The predicted molar refractivity (Wildman–Crippen MR) is 87.4 cm³/mol. The number of nitrogens with one attached hydrogen (secondary N) is 1. The van der Waals surface area contributed by atoms with E-state index in [9.17, 15) is 4.79 Å². The molecule has 108 valence electrons. The lowest BCUT2D eigenvalue weighted by molar-refractivity contribution is 0.0993. The van der Waals surface area contributed by atoms with Gasteiger partial charge in [-0.2, -0.15) is 0 Å². The first-order valence-corrected chi connectivity index (χ1v) is 7.69. The van der Waals surface area contributed by atoms with Gasteiger partial charge in [0.1, 0.15) is 5.75 Å². The number of benzene rings is 2. The second-order valence-corrected chi connectivity index (χ2v) is 5.97. The molecule has 1 heterocycles. The van der Waals surface area contributed by atoms with E-state index in [0.717, 1.165) is 40.0 Å². The number of fused-ring (bicyclic) bond motifs is 1. The van der Waals surface area contributed by atoms with Crippen molar-refractivity contribution < 1.29 is 9.53 Å². The summed E-state index contributed by atoms with van der Waals surface area (Å²) >= 11 is 3.45. The van der Waals surface area contributed by atoms with Gasteiger partial charge >= 0.3 is 0 Å². The molecule has 1 aliphatic rings. The molecular formula is C17H16BrNO2. The van der Waals surface area contributed by atoms with Crippen LogP contribution in [0.4, 0.5) is 5.69 Å². The molecule has 0 radical (unpaired) electrons. The molecule has 0 atom stereocenters. The van der Waals surface area contributed by atoms with Gasteiger partial charge in [0.25, 0.3) is 0 Å². The number of carbonyl (C=O) groups excluding carboxylic acids is 1. The molecule has 2 aromatic carbocycles. The summed E-state index contributed by atoms with van der Waals surface area (Å²) in [5.41, 5.74) is 4.14. The van der Waals surface area contributed by atoms with Crippen LogP contribution in [0.3, 0.4) is 0 Å². The molecule has 3 rings (SSSR count). The number of halogens is 1. The maximum atomic E-state index is 12.4. The number of rotatable bonds is 4. The van der Waals surface area contributed by atoms with Crippen LogP contribution in [0.2, 0.25) is 0 Å². The summed E-state index contributed by atoms with van der Waals surface area (Å²) in [6, 6.07) is 11.6. The van der Waals surface area contributed by atoms with E-state index in [4.69, 9.17) is 4.74 Å². The molecule has 0 aromatic heterocycles. The summed E-state index contributed by atoms with van der Waals surface area (Å²) in [5, 5.41) is 3.30. The largest absolute Gasteiger partial charge is 0.496 e. The zero-order chi connectivity index (χ0) is 14.8. The van der Waals surface area contributed by atoms with Crippen molar-refractivity contribution in [1.82, 2.24) is 0 Å². The fourth-order valence-corrected chi connectivity index (χ4v) is 3.17. The summed E-state index contributed by atoms with van der Waals surface area (Å²) < 4.78 is 6.07. The van der Waals surface area contributed by atoms with E-state index in [-0.39, 0.29) is 5.78 Å². The van der Waals surface area contributed by atoms with E-state index in [1.807, 2.05) is 36.4 Å². The smallest absolute Gasteiger partial charge is 0.167 e. The Kier molecular flexibility index (Phi) is 3.97. The van der Waals surface area contributed by atoms with E-state index in [1.165, 1.54) is 5.56 Å². The molecule has 1 aliphatic heterocycles. The maximum absolute atomic E-state index is 12.4. The number of anilines is 1. The van der Waals surface area contributed by atoms with E-state index in [0.29, 0.717) is 6.42 Å². The molecule has 1 N–H and O–H groups in total. The molecule has 0 saturated heterocycles. The predicted octanol–water partition coefficient (Wildman–Crippen LogP) is 3.85. The zero-order valence-electron chi connectivity index (χ0n) is 11.8. The van der Waals surface area contributed by atoms with Crippen molar-refractivity contribution in [2.75, 3.05) is 19.0 Å². The Morgan fingerprint density at radius 2 is 2.14 bits per heavy atom. The third kappa shape index (κ3) is 2.95. The minimum atomic E-state index is 0.141. The van der Waals surface area contributed by atoms with Crippen LogP contribution in [-0.2, 0) is 12.8 Å². The van der Waals surface area contributed by atoms with E-state index < -0.39 is 0 Å². The topological polar surface area (TPSA) is 38.3 Å². The van der Waals surface area contributed by atoms with Crippen LogP contribution >= 0.6 is 15.9 Å². The number of hydrogen-bond donors (Lipinski definition) is 1. The SMILES string of the molecule is COc1ccc(CC(=O)c2ccc3c(c2)CCN3)cc1Br. The minimum Gasteiger partial charge on any atom is -0.496 e. The molecule has 0 saturated carbocycles. The molecule has 0 fully saturated rings. The maximum Gasteiger partial charge on any atom is 0.167 e. The Bertz CT molecular complexity index is 697. The first-order chi connectivity index (χ1) is 10.2. The van der Waals surface area contributed by atoms with Crippen LogP contribution in [0.15, 0.2) is 40.9 Å². The molecular weight excluding hydrogens is 330 g/mol. The summed E-state index contributed by atoms with van der Waals surface area (Å²) in [7, 11) is 1.63. The molecule has 21 heavy (non-hydrogen) atoms. The van der Waals surface area contributed by atoms with Gasteiger partial charge < -0.3 is 10.1 Å². The van der Waals surface area contributed by atoms with Gasteiger partial charge in [-0.1, -0.05) is 6.07 Å². The number of hydrogen-bond acceptors (Lipinski definition) is 3. The third-order valence-electron chi connectivity index (χ3n) is 3.72. The van der Waals surface area contributed by atoms with E-state index in [2.05, 4.69) is 21.2 Å². The lowest BCUT2D eigenvalue weighted by Gasteiger charge is -2.07. The molecule has 0 aliphatic carbocycles. The molecule has 0 spiro atoms. The summed E-state index contributed by atoms with van der Waals surface area (Å²) in [5.74, 6) is 0.913. The van der Waals surface area contributed by atoms with Crippen molar-refractivity contribution in [1.29, 1.82) is 0 Å². The quantitative estimate of drug-likeness (QED) is 0.855. The van der Waals surface area contributed by atoms with Crippen molar-refractivity contribution in [3.63, 3.8) is 0 Å². The van der Waals surface area contributed by atoms with Crippen molar-refractivity contribution in [3.05, 3.63) is 57.6 Å². The van der Waals surface area contributed by atoms with Gasteiger partial charge in [-0.3, -0.25) is 4.79 Å². The standard InChI is InChI=1S/C17H16BrNO2/c1-21-17-5-2-11(8-14(17)18)9-16(20)13-3-4-15-12(10-13)6-7-19-15/h2-5,8,10,19H,6-7,9H2,1H3. The first kappa shape index (κ1) is 14.1. The number of carbonyl (C=O) groups is 1. The molecule has 2 aromatic rings. The molecule has 0 amide bonds. The number of Topliss-reactive ketones (excluding diaryl/α,β-unsaturated/α-hetero) is 1. The van der Waals surface area contributed by atoms with Gasteiger partial charge in [0.15, 0.2) is 5.78 Å². The fraction of sp³-hybridized carbons (Fsp3) is 0.235. The van der Waals surface area contributed by atoms with Crippen molar-refractivity contribution in [3.8, 4) is 5.75 Å². The number of ether oxygens (including phenoxy) is 1. The third-order valence-corrected chi connectivity index (χ3v) is 4.34. The van der Waals surface area contributed by atoms with Crippen LogP contribution in [0.25, 0.3) is 0 Å². The highest BCUT2D eigenvalue weighted by atomic mass is 79.9. The van der Waals surface area contributed by atoms with Crippen LogP contribution in [0.1, 0.15) is 21.5 Å². The lowest BCUT2D eigenvalue weighted by Crippen LogP contribution is -2.04. The Morgan fingerprint density at radius 1 is 1.29 bits per heavy atom. The second-order valence-electron chi connectivity index (χ2n) is 5.12. The summed E-state index contributed by atoms with van der Waals surface area (Å²) in [4.78, 5) is 12.4. The van der Waals surface area contributed by atoms with Gasteiger partial charge in [0.05, 0.1) is 11.6 Å². The monoisotopic (exact) mass is 345 g/mol. The lowest BCUT2D eigenvalue weighted by atomic mass is 10.0. The zero-order valence-corrected chi connectivity index (χ0v) is 13.4. The van der Waals surface area contributed by atoms with Crippen LogP contribution < -0.4 is 10.1 Å². The average molecular weight is 346 g/mol. The fourth-order valence-electron chi connectivity index (χ4n) is 2.59. The van der Waals surface area contributed by atoms with Crippen molar-refractivity contribution >= 4 is 27.4 Å². The average Bonchev–Trinajstić information content (AvgIpc) is 2.94. The van der Waals surface area contributed by atoms with Gasteiger partial charge in [0, 0.05) is 24.2 Å². The molecule has 0 unspecified atom stereocenters. The van der Waals surface area contributed by atoms with E-state index >= 15 is 0 Å². The Labute approximate surface area is 132 Å². The molecule has 0 bridgehead atoms. The minimum absolute atomic E-state index is 0.141. The first-order valence-electron chi connectivity index (χ1n) is 6.90.